The molecular weight excluding hydrogens is 620 g/mol. The van der Waals surface area contributed by atoms with Gasteiger partial charge in [0.25, 0.3) is 5.91 Å². The standard InChI is InChI=1S/C37H32N8O4/c1-49-33(47)21-26(38)20-32(46)42-27-13-11-25(12-14-27)37(48)41-22-23-9-15-28(16-10-23)45-35(29-8-5-19-40-34(29)39)44-31-18-17-30(43-36(31)45)24-6-3-2-4-7-24/h2-20H,21-22,38H2,1H3,(H2,39,40)(H,41,48)(H,42,46)/b26-20-. The molecule has 0 unspecified atom stereocenters. The summed E-state index contributed by atoms with van der Waals surface area (Å²) < 4.78 is 6.50. The highest BCUT2D eigenvalue weighted by Gasteiger charge is 2.19. The number of nitrogen functional groups attached to an aromatic ring is 1. The van der Waals surface area contributed by atoms with Gasteiger partial charge in [-0.25, -0.2) is 15.0 Å². The van der Waals surface area contributed by atoms with E-state index in [1.165, 1.54) is 7.11 Å². The highest BCUT2D eigenvalue weighted by molar-refractivity contribution is 6.01. The van der Waals surface area contributed by atoms with Gasteiger partial charge in [0.15, 0.2) is 11.5 Å². The number of aromatic nitrogens is 4. The number of hydrogen-bond donors (Lipinski definition) is 4. The van der Waals surface area contributed by atoms with Crippen molar-refractivity contribution in [3.63, 3.8) is 0 Å². The number of nitrogens with zero attached hydrogens (tertiary/aromatic N) is 4. The van der Waals surface area contributed by atoms with E-state index in [1.807, 2.05) is 83.4 Å². The normalized spacial score (nSPS) is 11.2. The molecule has 6 N–H and O–H groups in total. The Morgan fingerprint density at radius 3 is 2.35 bits per heavy atom. The van der Waals surface area contributed by atoms with Crippen molar-refractivity contribution in [2.24, 2.45) is 5.73 Å². The van der Waals surface area contributed by atoms with Crippen molar-refractivity contribution >= 4 is 40.5 Å². The van der Waals surface area contributed by atoms with E-state index in [0.29, 0.717) is 39.6 Å². The number of anilines is 2. The number of fused-ring (bicyclic) bond motifs is 1. The number of imidazole rings is 1. The van der Waals surface area contributed by atoms with Crippen molar-refractivity contribution in [1.82, 2.24) is 24.8 Å². The lowest BCUT2D eigenvalue weighted by Gasteiger charge is -2.12. The Kier molecular flexibility index (Phi) is 9.38. The first kappa shape index (κ1) is 32.1. The minimum atomic E-state index is -0.546. The Labute approximate surface area is 281 Å². The van der Waals surface area contributed by atoms with E-state index in [9.17, 15) is 14.4 Å². The number of pyridine rings is 2. The van der Waals surface area contributed by atoms with Gasteiger partial charge in [-0.05, 0) is 66.2 Å². The van der Waals surface area contributed by atoms with Crippen molar-refractivity contribution < 1.29 is 19.1 Å². The summed E-state index contributed by atoms with van der Waals surface area (Å²) in [6.07, 6.45) is 2.56. The maximum absolute atomic E-state index is 12.9. The molecule has 0 atom stereocenters. The van der Waals surface area contributed by atoms with Crippen LogP contribution in [0.1, 0.15) is 22.3 Å². The SMILES string of the molecule is COC(=O)C/C(N)=C/C(=O)Nc1ccc(C(=O)NCc2ccc(-n3c(-c4cccnc4N)nc4ccc(-c5ccccc5)nc43)cc2)cc1. The van der Waals surface area contributed by atoms with Crippen LogP contribution in [0.15, 0.2) is 121 Å². The molecule has 0 saturated heterocycles. The van der Waals surface area contributed by atoms with Gasteiger partial charge in [0.2, 0.25) is 5.91 Å². The van der Waals surface area contributed by atoms with E-state index in [0.717, 1.165) is 28.6 Å². The summed E-state index contributed by atoms with van der Waals surface area (Å²) in [4.78, 5) is 50.6. The number of nitrogens with two attached hydrogens (primary N) is 2. The summed E-state index contributed by atoms with van der Waals surface area (Å²) in [6.45, 7) is 0.283. The van der Waals surface area contributed by atoms with E-state index in [2.05, 4.69) is 20.4 Å². The van der Waals surface area contributed by atoms with Crippen molar-refractivity contribution in [3.8, 4) is 28.3 Å². The van der Waals surface area contributed by atoms with Crippen LogP contribution < -0.4 is 22.1 Å². The molecule has 0 radical (unpaired) electrons. The molecule has 2 amide bonds. The second-order valence-electron chi connectivity index (χ2n) is 11.0. The third kappa shape index (κ3) is 7.44. The molecule has 0 aliphatic heterocycles. The molecule has 0 bridgehead atoms. The molecule has 0 spiro atoms. The number of carbonyl (C=O) groups is 3. The monoisotopic (exact) mass is 652 g/mol. The van der Waals surface area contributed by atoms with Gasteiger partial charge in [-0.3, -0.25) is 19.0 Å². The molecule has 0 saturated carbocycles. The van der Waals surface area contributed by atoms with Gasteiger partial charge >= 0.3 is 5.97 Å². The molecular formula is C37H32N8O4. The molecule has 6 aromatic rings. The molecule has 12 heteroatoms. The third-order valence-electron chi connectivity index (χ3n) is 7.61. The minimum absolute atomic E-state index is 0.0688. The lowest BCUT2D eigenvalue weighted by atomic mass is 10.1. The van der Waals surface area contributed by atoms with Gasteiger partial charge in [0.05, 0.1) is 24.8 Å². The van der Waals surface area contributed by atoms with Crippen LogP contribution in [0.25, 0.3) is 39.5 Å². The van der Waals surface area contributed by atoms with Crippen molar-refractivity contribution in [2.45, 2.75) is 13.0 Å². The van der Waals surface area contributed by atoms with Crippen LogP contribution in [0.4, 0.5) is 11.5 Å². The zero-order chi connectivity index (χ0) is 34.3. The lowest BCUT2D eigenvalue weighted by Crippen LogP contribution is -2.22. The first-order valence-corrected chi connectivity index (χ1v) is 15.3. The fourth-order valence-corrected chi connectivity index (χ4v) is 5.15. The predicted molar refractivity (Wildman–Crippen MR) is 187 cm³/mol. The van der Waals surface area contributed by atoms with Gasteiger partial charge in [-0.1, -0.05) is 42.5 Å². The van der Waals surface area contributed by atoms with Gasteiger partial charge in [-0.15, -0.1) is 0 Å². The molecule has 0 fully saturated rings. The Morgan fingerprint density at radius 1 is 0.878 bits per heavy atom. The predicted octanol–water partition coefficient (Wildman–Crippen LogP) is 5.01. The van der Waals surface area contributed by atoms with E-state index in [-0.39, 0.29) is 24.6 Å². The zero-order valence-corrected chi connectivity index (χ0v) is 26.5. The summed E-state index contributed by atoms with van der Waals surface area (Å²) in [6, 6.07) is 31.7. The van der Waals surface area contributed by atoms with Gasteiger partial charge in [0, 0.05) is 47.0 Å². The summed E-state index contributed by atoms with van der Waals surface area (Å²) in [5, 5.41) is 5.57. The molecule has 3 heterocycles. The lowest BCUT2D eigenvalue weighted by molar-refractivity contribution is -0.139. The molecule has 6 rings (SSSR count). The molecule has 3 aromatic carbocycles. The first-order chi connectivity index (χ1) is 23.8. The largest absolute Gasteiger partial charge is 0.469 e. The topological polar surface area (TPSA) is 180 Å². The van der Waals surface area contributed by atoms with Crippen LogP contribution in [-0.4, -0.2) is 44.4 Å². The summed E-state index contributed by atoms with van der Waals surface area (Å²) in [5.41, 5.74) is 18.5. The molecule has 0 aliphatic rings. The van der Waals surface area contributed by atoms with Crippen LogP contribution in [0, 0.1) is 0 Å². The second-order valence-corrected chi connectivity index (χ2v) is 11.0. The van der Waals surface area contributed by atoms with Crippen LogP contribution >= 0.6 is 0 Å². The first-order valence-electron chi connectivity index (χ1n) is 15.3. The number of ether oxygens (including phenoxy) is 1. The van der Waals surface area contributed by atoms with Crippen LogP contribution in [-0.2, 0) is 20.9 Å². The Morgan fingerprint density at radius 2 is 1.63 bits per heavy atom. The molecule has 0 aliphatic carbocycles. The number of methoxy groups -OCH3 is 1. The molecule has 12 nitrogen and oxygen atoms in total. The summed E-state index contributed by atoms with van der Waals surface area (Å²) in [5.74, 6) is -0.366. The van der Waals surface area contributed by atoms with Gasteiger partial charge < -0.3 is 26.8 Å². The summed E-state index contributed by atoms with van der Waals surface area (Å²) >= 11 is 0. The van der Waals surface area contributed by atoms with Crippen LogP contribution in [0.3, 0.4) is 0 Å². The average Bonchev–Trinajstić information content (AvgIpc) is 3.50. The van der Waals surface area contributed by atoms with Crippen LogP contribution in [0.2, 0.25) is 0 Å². The smallest absolute Gasteiger partial charge is 0.311 e. The third-order valence-corrected chi connectivity index (χ3v) is 7.61. The fourth-order valence-electron chi connectivity index (χ4n) is 5.15. The minimum Gasteiger partial charge on any atom is -0.469 e. The molecule has 49 heavy (non-hydrogen) atoms. The maximum atomic E-state index is 12.9. The van der Waals surface area contributed by atoms with E-state index in [1.54, 1.807) is 30.5 Å². The van der Waals surface area contributed by atoms with E-state index in [4.69, 9.17) is 21.4 Å². The van der Waals surface area contributed by atoms with Crippen LogP contribution in [0.5, 0.6) is 0 Å². The molecule has 3 aromatic heterocycles. The second kappa shape index (κ2) is 14.3. The van der Waals surface area contributed by atoms with Crippen molar-refractivity contribution in [1.29, 1.82) is 0 Å². The number of amides is 2. The number of carbonyl (C=O) groups excluding carboxylic acids is 3. The van der Waals surface area contributed by atoms with Gasteiger partial charge in [-0.2, -0.15) is 0 Å². The highest BCUT2D eigenvalue weighted by Crippen LogP contribution is 2.31. The number of rotatable bonds is 10. The quantitative estimate of drug-likeness (QED) is 0.117. The Hall–Kier alpha value is -6.82. The zero-order valence-electron chi connectivity index (χ0n) is 26.5. The van der Waals surface area contributed by atoms with E-state index >= 15 is 0 Å². The molecule has 244 valence electrons. The number of nitrogens with one attached hydrogen (secondary N) is 2. The summed E-state index contributed by atoms with van der Waals surface area (Å²) in [7, 11) is 1.24. The number of benzene rings is 3. The number of hydrogen-bond acceptors (Lipinski definition) is 9. The van der Waals surface area contributed by atoms with E-state index < -0.39 is 11.9 Å². The fraction of sp³-hybridized carbons (Fsp3) is 0.0811. The highest BCUT2D eigenvalue weighted by atomic mass is 16.5. The Bertz CT molecular complexity index is 2180. The Balaban J connectivity index is 1.18. The van der Waals surface area contributed by atoms with Crippen molar-refractivity contribution in [2.75, 3.05) is 18.2 Å². The number of esters is 1. The average molecular weight is 653 g/mol. The van der Waals surface area contributed by atoms with Gasteiger partial charge in [0.1, 0.15) is 11.3 Å². The maximum Gasteiger partial charge on any atom is 0.311 e. The van der Waals surface area contributed by atoms with Crippen molar-refractivity contribution in [3.05, 3.63) is 132 Å².